The maximum atomic E-state index is 5.91. The van der Waals surface area contributed by atoms with Crippen molar-refractivity contribution in [1.29, 1.82) is 0 Å². The van der Waals surface area contributed by atoms with Crippen LogP contribution < -0.4 is 0 Å². The van der Waals surface area contributed by atoms with Gasteiger partial charge in [-0.2, -0.15) is 0 Å². The normalized spacial score (nSPS) is 11.6. The standard InChI is InChI=1S/C13H18ClN3OS/c1-9(2)18-6-4-3-5-17-12-11(16-13(17)19)7-10(14)8-15-12/h7-9H,3-6H2,1-2H3,(H,16,19). The summed E-state index contributed by atoms with van der Waals surface area (Å²) in [4.78, 5) is 7.46. The summed E-state index contributed by atoms with van der Waals surface area (Å²) in [5, 5.41) is 0.612. The topological polar surface area (TPSA) is 42.8 Å². The van der Waals surface area contributed by atoms with Gasteiger partial charge in [0.25, 0.3) is 0 Å². The van der Waals surface area contributed by atoms with Crippen molar-refractivity contribution in [1.82, 2.24) is 14.5 Å². The number of imidazole rings is 1. The Morgan fingerprint density at radius 3 is 3.00 bits per heavy atom. The number of rotatable bonds is 6. The Labute approximate surface area is 122 Å². The predicted octanol–water partition coefficient (Wildman–Crippen LogP) is 3.95. The van der Waals surface area contributed by atoms with Crippen LogP contribution in [0.1, 0.15) is 26.7 Å². The minimum atomic E-state index is 0.291. The molecule has 2 aromatic rings. The minimum absolute atomic E-state index is 0.291. The second kappa shape index (κ2) is 6.50. The van der Waals surface area contributed by atoms with Gasteiger partial charge in [0.05, 0.1) is 16.6 Å². The number of pyridine rings is 1. The molecule has 0 spiro atoms. The summed E-state index contributed by atoms with van der Waals surface area (Å²) >= 11 is 11.2. The highest BCUT2D eigenvalue weighted by Crippen LogP contribution is 2.16. The lowest BCUT2D eigenvalue weighted by Crippen LogP contribution is -2.05. The zero-order valence-corrected chi connectivity index (χ0v) is 12.7. The van der Waals surface area contributed by atoms with Gasteiger partial charge in [0.2, 0.25) is 0 Å². The average molecular weight is 300 g/mol. The summed E-state index contributed by atoms with van der Waals surface area (Å²) < 4.78 is 8.22. The van der Waals surface area contributed by atoms with Crippen LogP contribution in [0.4, 0.5) is 0 Å². The number of nitrogens with one attached hydrogen (secondary N) is 1. The molecule has 0 bridgehead atoms. The number of ether oxygens (including phenoxy) is 1. The van der Waals surface area contributed by atoms with Gasteiger partial charge in [0.15, 0.2) is 10.4 Å². The van der Waals surface area contributed by atoms with E-state index in [1.54, 1.807) is 6.20 Å². The molecule has 19 heavy (non-hydrogen) atoms. The van der Waals surface area contributed by atoms with E-state index >= 15 is 0 Å². The van der Waals surface area contributed by atoms with Crippen LogP contribution in [-0.2, 0) is 11.3 Å². The fraction of sp³-hybridized carbons (Fsp3) is 0.538. The Morgan fingerprint density at radius 1 is 1.47 bits per heavy atom. The lowest BCUT2D eigenvalue weighted by atomic mass is 10.3. The van der Waals surface area contributed by atoms with Crippen LogP contribution in [0.25, 0.3) is 11.2 Å². The number of aromatic amines is 1. The third kappa shape index (κ3) is 3.78. The molecule has 0 aliphatic carbocycles. The molecule has 0 aliphatic heterocycles. The highest BCUT2D eigenvalue weighted by atomic mass is 35.5. The van der Waals surface area contributed by atoms with Crippen molar-refractivity contribution >= 4 is 35.0 Å². The zero-order chi connectivity index (χ0) is 13.8. The van der Waals surface area contributed by atoms with Gasteiger partial charge in [-0.05, 0) is 45.0 Å². The largest absolute Gasteiger partial charge is 0.379 e. The number of unbranched alkanes of at least 4 members (excludes halogenated alkanes) is 1. The second-order valence-electron chi connectivity index (χ2n) is 4.73. The van der Waals surface area contributed by atoms with Crippen molar-refractivity contribution in [3.8, 4) is 0 Å². The van der Waals surface area contributed by atoms with Gasteiger partial charge < -0.3 is 14.3 Å². The van der Waals surface area contributed by atoms with E-state index in [1.165, 1.54) is 0 Å². The number of hydrogen-bond donors (Lipinski definition) is 1. The van der Waals surface area contributed by atoms with E-state index in [0.29, 0.717) is 15.9 Å². The highest BCUT2D eigenvalue weighted by molar-refractivity contribution is 7.71. The van der Waals surface area contributed by atoms with E-state index in [4.69, 9.17) is 28.6 Å². The third-order valence-corrected chi connectivity index (χ3v) is 3.33. The number of nitrogens with zero attached hydrogens (tertiary/aromatic N) is 2. The molecule has 0 radical (unpaired) electrons. The van der Waals surface area contributed by atoms with Gasteiger partial charge >= 0.3 is 0 Å². The summed E-state index contributed by atoms with van der Waals surface area (Å²) in [5.74, 6) is 0. The van der Waals surface area contributed by atoms with Crippen LogP contribution in [0.15, 0.2) is 12.3 Å². The first kappa shape index (κ1) is 14.5. The molecule has 0 saturated heterocycles. The molecular weight excluding hydrogens is 282 g/mol. The lowest BCUT2D eigenvalue weighted by Gasteiger charge is -2.07. The summed E-state index contributed by atoms with van der Waals surface area (Å²) in [6, 6.07) is 1.85. The fourth-order valence-corrected chi connectivity index (χ4v) is 2.36. The first-order valence-corrected chi connectivity index (χ1v) is 7.22. The quantitative estimate of drug-likeness (QED) is 0.649. The molecule has 0 unspecified atom stereocenters. The Morgan fingerprint density at radius 2 is 2.26 bits per heavy atom. The van der Waals surface area contributed by atoms with Crippen molar-refractivity contribution in [3.63, 3.8) is 0 Å². The van der Waals surface area contributed by atoms with Gasteiger partial charge in [-0.25, -0.2) is 4.98 Å². The first-order valence-electron chi connectivity index (χ1n) is 6.43. The lowest BCUT2D eigenvalue weighted by molar-refractivity contribution is 0.0754. The Balaban J connectivity index is 2.00. The third-order valence-electron chi connectivity index (χ3n) is 2.80. The number of halogens is 1. The molecule has 2 aromatic heterocycles. The zero-order valence-electron chi connectivity index (χ0n) is 11.1. The van der Waals surface area contributed by atoms with Crippen molar-refractivity contribution in [2.75, 3.05) is 6.61 Å². The van der Waals surface area contributed by atoms with Crippen molar-refractivity contribution in [3.05, 3.63) is 22.1 Å². The molecule has 0 aliphatic rings. The maximum Gasteiger partial charge on any atom is 0.179 e. The molecule has 0 amide bonds. The summed E-state index contributed by atoms with van der Waals surface area (Å²) in [6.45, 7) is 5.72. The number of aryl methyl sites for hydroxylation is 1. The van der Waals surface area contributed by atoms with E-state index in [2.05, 4.69) is 9.97 Å². The van der Waals surface area contributed by atoms with Crippen LogP contribution in [0.3, 0.4) is 0 Å². The molecule has 0 fully saturated rings. The van der Waals surface area contributed by atoms with E-state index < -0.39 is 0 Å². The van der Waals surface area contributed by atoms with Crippen LogP contribution in [0.5, 0.6) is 0 Å². The summed E-state index contributed by atoms with van der Waals surface area (Å²) in [7, 11) is 0. The Hall–Kier alpha value is -0.910. The molecule has 104 valence electrons. The van der Waals surface area contributed by atoms with Crippen LogP contribution in [0, 0.1) is 4.77 Å². The van der Waals surface area contributed by atoms with Gasteiger partial charge in [-0.3, -0.25) is 0 Å². The van der Waals surface area contributed by atoms with E-state index in [-0.39, 0.29) is 0 Å². The monoisotopic (exact) mass is 299 g/mol. The number of H-pyrrole nitrogens is 1. The maximum absolute atomic E-state index is 5.91. The van der Waals surface area contributed by atoms with Crippen molar-refractivity contribution < 1.29 is 4.74 Å². The molecule has 2 heterocycles. The van der Waals surface area contributed by atoms with Crippen molar-refractivity contribution in [2.24, 2.45) is 0 Å². The second-order valence-corrected chi connectivity index (χ2v) is 5.56. The van der Waals surface area contributed by atoms with Gasteiger partial charge in [0.1, 0.15) is 0 Å². The predicted molar refractivity (Wildman–Crippen MR) is 80.2 cm³/mol. The van der Waals surface area contributed by atoms with E-state index in [9.17, 15) is 0 Å². The molecule has 2 rings (SSSR count). The summed E-state index contributed by atoms with van der Waals surface area (Å²) in [6.07, 6.45) is 3.96. The van der Waals surface area contributed by atoms with Crippen molar-refractivity contribution in [2.45, 2.75) is 39.3 Å². The smallest absolute Gasteiger partial charge is 0.179 e. The number of fused-ring (bicyclic) bond motifs is 1. The molecule has 1 N–H and O–H groups in total. The van der Waals surface area contributed by atoms with Gasteiger partial charge in [-0.15, -0.1) is 0 Å². The first-order chi connectivity index (χ1) is 9.08. The molecule has 0 saturated carbocycles. The number of aromatic nitrogens is 3. The highest BCUT2D eigenvalue weighted by Gasteiger charge is 2.06. The molecular formula is C13H18ClN3OS. The van der Waals surface area contributed by atoms with Crippen LogP contribution in [0.2, 0.25) is 5.02 Å². The fourth-order valence-electron chi connectivity index (χ4n) is 1.92. The summed E-state index contributed by atoms with van der Waals surface area (Å²) in [5.41, 5.74) is 1.75. The molecule has 0 atom stereocenters. The number of hydrogen-bond acceptors (Lipinski definition) is 3. The average Bonchev–Trinajstić information content (AvgIpc) is 2.64. The molecule has 4 nitrogen and oxygen atoms in total. The van der Waals surface area contributed by atoms with E-state index in [1.807, 2.05) is 24.5 Å². The van der Waals surface area contributed by atoms with Crippen LogP contribution in [-0.4, -0.2) is 27.2 Å². The SMILES string of the molecule is CC(C)OCCCCn1c(=S)[nH]c2cc(Cl)cnc21. The van der Waals surface area contributed by atoms with E-state index in [0.717, 1.165) is 37.2 Å². The minimum Gasteiger partial charge on any atom is -0.379 e. The Kier molecular flexibility index (Phi) is 4.96. The molecule has 0 aromatic carbocycles. The Bertz CT molecular complexity index is 605. The van der Waals surface area contributed by atoms with Gasteiger partial charge in [0, 0.05) is 19.3 Å². The van der Waals surface area contributed by atoms with Gasteiger partial charge in [-0.1, -0.05) is 11.6 Å². The van der Waals surface area contributed by atoms with Crippen LogP contribution >= 0.6 is 23.8 Å². The molecule has 6 heteroatoms.